The quantitative estimate of drug-likeness (QED) is 0.231. The van der Waals surface area contributed by atoms with Gasteiger partial charge in [-0.25, -0.2) is 4.79 Å². The second kappa shape index (κ2) is 12.7. The molecule has 3 aliphatic rings. The topological polar surface area (TPSA) is 55.8 Å². The van der Waals surface area contributed by atoms with Crippen LogP contribution in [0.2, 0.25) is 0 Å². The number of ether oxygens (including phenoxy) is 2. The molecule has 6 atom stereocenters. The maximum atomic E-state index is 12.6. The summed E-state index contributed by atoms with van der Waals surface area (Å²) in [5.74, 6) is 2.72. The lowest BCUT2D eigenvalue weighted by Gasteiger charge is -2.52. The molecule has 2 fully saturated rings. The lowest BCUT2D eigenvalue weighted by molar-refractivity contribution is -0.0618. The standard InChI is InChI=1S/C32H50O4/c1-4-5-6-7-8-9-10-11-12-13-20-35-31(34)36-29-17-16-28-30-23(2)21-24-22-25(33)14-15-26(24)27(30)18-19-32(28,29)3/h14-15,22-23,27-30,33H,4-13,16-21H2,1-3H3/t23-,27?,28?,29+,30?,32+/m1/s1. The SMILES string of the molecule is CCCCCCCCCCCCOC(=O)O[C@H]1CCC2C3C(CC[C@@]21C)c1ccc(O)cc1C[C@H]3C. The zero-order valence-corrected chi connectivity index (χ0v) is 23.1. The molecule has 0 saturated heterocycles. The monoisotopic (exact) mass is 498 g/mol. The Hall–Kier alpha value is -1.71. The number of carbonyl (C=O) groups is 1. The second-order valence-electron chi connectivity index (χ2n) is 12.4. The molecule has 36 heavy (non-hydrogen) atoms. The molecule has 0 heterocycles. The largest absolute Gasteiger partial charge is 0.508 e. The second-order valence-corrected chi connectivity index (χ2v) is 12.4. The predicted molar refractivity (Wildman–Crippen MR) is 145 cm³/mol. The van der Waals surface area contributed by atoms with E-state index in [2.05, 4.69) is 26.8 Å². The Bertz CT molecular complexity index is 851. The van der Waals surface area contributed by atoms with Crippen LogP contribution in [0, 0.1) is 23.2 Å². The summed E-state index contributed by atoms with van der Waals surface area (Å²) in [4.78, 5) is 12.6. The van der Waals surface area contributed by atoms with Crippen LogP contribution in [-0.2, 0) is 15.9 Å². The Labute approximate surface area is 219 Å². The summed E-state index contributed by atoms with van der Waals surface area (Å²) < 4.78 is 11.5. The number of benzene rings is 1. The van der Waals surface area contributed by atoms with Crippen molar-refractivity contribution in [3.63, 3.8) is 0 Å². The number of phenols is 1. The molecule has 1 aromatic carbocycles. The minimum atomic E-state index is -0.461. The van der Waals surface area contributed by atoms with Crippen molar-refractivity contribution in [3.05, 3.63) is 29.3 Å². The van der Waals surface area contributed by atoms with Crippen LogP contribution in [0.5, 0.6) is 5.75 Å². The van der Waals surface area contributed by atoms with E-state index in [1.807, 2.05) is 12.1 Å². The van der Waals surface area contributed by atoms with Crippen LogP contribution in [-0.4, -0.2) is 24.0 Å². The predicted octanol–water partition coefficient (Wildman–Crippen LogP) is 8.94. The van der Waals surface area contributed by atoms with Gasteiger partial charge in [0.15, 0.2) is 0 Å². The smallest absolute Gasteiger partial charge is 0.508 e. The Morgan fingerprint density at radius 3 is 2.42 bits per heavy atom. The van der Waals surface area contributed by atoms with E-state index in [1.165, 1.54) is 62.5 Å². The van der Waals surface area contributed by atoms with Crippen LogP contribution < -0.4 is 0 Å². The summed E-state index contributed by atoms with van der Waals surface area (Å²) >= 11 is 0. The van der Waals surface area contributed by atoms with Crippen molar-refractivity contribution < 1.29 is 19.4 Å². The lowest BCUT2D eigenvalue weighted by atomic mass is 9.53. The zero-order valence-electron chi connectivity index (χ0n) is 23.1. The van der Waals surface area contributed by atoms with Gasteiger partial charge in [-0.1, -0.05) is 84.6 Å². The highest BCUT2D eigenvalue weighted by molar-refractivity contribution is 5.60. The van der Waals surface area contributed by atoms with Crippen molar-refractivity contribution in [1.82, 2.24) is 0 Å². The number of hydrogen-bond acceptors (Lipinski definition) is 4. The highest BCUT2D eigenvalue weighted by Crippen LogP contribution is 2.62. The van der Waals surface area contributed by atoms with Gasteiger partial charge in [0.1, 0.15) is 11.9 Å². The molecule has 0 radical (unpaired) electrons. The van der Waals surface area contributed by atoms with E-state index in [9.17, 15) is 9.90 Å². The van der Waals surface area contributed by atoms with Crippen molar-refractivity contribution in [1.29, 1.82) is 0 Å². The van der Waals surface area contributed by atoms with Gasteiger partial charge in [-0.05, 0) is 85.5 Å². The third kappa shape index (κ3) is 6.22. The first-order valence-electron chi connectivity index (χ1n) is 15.1. The van der Waals surface area contributed by atoms with Crippen molar-refractivity contribution >= 4 is 6.16 Å². The molecule has 0 aromatic heterocycles. The molecular formula is C32H50O4. The van der Waals surface area contributed by atoms with Crippen LogP contribution in [0.4, 0.5) is 4.79 Å². The first-order valence-corrected chi connectivity index (χ1v) is 15.1. The van der Waals surface area contributed by atoms with Gasteiger partial charge in [0.05, 0.1) is 6.61 Å². The number of carbonyl (C=O) groups excluding carboxylic acids is 1. The molecule has 1 aromatic rings. The van der Waals surface area contributed by atoms with Gasteiger partial charge in [-0.2, -0.15) is 0 Å². The van der Waals surface area contributed by atoms with E-state index >= 15 is 0 Å². The molecule has 4 heteroatoms. The van der Waals surface area contributed by atoms with Crippen molar-refractivity contribution in [2.24, 2.45) is 23.2 Å². The summed E-state index contributed by atoms with van der Waals surface area (Å²) in [5, 5.41) is 9.98. The molecular weight excluding hydrogens is 448 g/mol. The minimum absolute atomic E-state index is 0.0305. The summed E-state index contributed by atoms with van der Waals surface area (Å²) in [6.45, 7) is 7.48. The Balaban J connectivity index is 1.19. The number of unbranched alkanes of at least 4 members (excludes halogenated alkanes) is 9. The van der Waals surface area contributed by atoms with Gasteiger partial charge in [0, 0.05) is 5.41 Å². The lowest BCUT2D eigenvalue weighted by Crippen LogP contribution is -2.47. The van der Waals surface area contributed by atoms with E-state index in [-0.39, 0.29) is 11.5 Å². The molecule has 202 valence electrons. The third-order valence-corrected chi connectivity index (χ3v) is 9.93. The van der Waals surface area contributed by atoms with E-state index in [0.29, 0.717) is 36.0 Å². The highest BCUT2D eigenvalue weighted by atomic mass is 16.7. The van der Waals surface area contributed by atoms with Crippen LogP contribution in [0.3, 0.4) is 0 Å². The molecule has 0 amide bonds. The van der Waals surface area contributed by atoms with E-state index < -0.39 is 6.16 Å². The number of hydrogen-bond donors (Lipinski definition) is 1. The van der Waals surface area contributed by atoms with E-state index in [4.69, 9.17) is 9.47 Å². The first-order chi connectivity index (χ1) is 17.4. The van der Waals surface area contributed by atoms with Crippen molar-refractivity contribution in [2.75, 3.05) is 6.61 Å². The number of rotatable bonds is 12. The van der Waals surface area contributed by atoms with Gasteiger partial charge in [0.25, 0.3) is 0 Å². The Kier molecular flexibility index (Phi) is 9.64. The van der Waals surface area contributed by atoms with Gasteiger partial charge in [-0.3, -0.25) is 0 Å². The Morgan fingerprint density at radius 2 is 1.69 bits per heavy atom. The van der Waals surface area contributed by atoms with Crippen molar-refractivity contribution in [3.8, 4) is 5.75 Å². The summed E-state index contributed by atoms with van der Waals surface area (Å²) in [6.07, 6.45) is 17.6. The fourth-order valence-corrected chi connectivity index (χ4v) is 8.01. The van der Waals surface area contributed by atoms with Crippen LogP contribution >= 0.6 is 0 Å². The minimum Gasteiger partial charge on any atom is -0.508 e. The fourth-order valence-electron chi connectivity index (χ4n) is 8.01. The molecule has 4 nitrogen and oxygen atoms in total. The number of phenolic OH excluding ortho intramolecular Hbond substituents is 1. The fraction of sp³-hybridized carbons (Fsp3) is 0.781. The average molecular weight is 499 g/mol. The van der Waals surface area contributed by atoms with Gasteiger partial charge in [0.2, 0.25) is 0 Å². The summed E-state index contributed by atoms with van der Waals surface area (Å²) in [7, 11) is 0. The molecule has 0 bridgehead atoms. The maximum absolute atomic E-state index is 12.6. The summed E-state index contributed by atoms with van der Waals surface area (Å²) in [5.41, 5.74) is 2.81. The Morgan fingerprint density at radius 1 is 1.00 bits per heavy atom. The molecule has 1 N–H and O–H groups in total. The van der Waals surface area contributed by atoms with Crippen molar-refractivity contribution in [2.45, 2.75) is 129 Å². The highest BCUT2D eigenvalue weighted by Gasteiger charge is 2.57. The molecule has 4 rings (SSSR count). The molecule has 0 aliphatic heterocycles. The van der Waals surface area contributed by atoms with Gasteiger partial charge >= 0.3 is 6.16 Å². The molecule has 3 aliphatic carbocycles. The van der Waals surface area contributed by atoms with E-state index in [1.54, 1.807) is 0 Å². The van der Waals surface area contributed by atoms with Gasteiger partial charge < -0.3 is 14.6 Å². The zero-order chi connectivity index (χ0) is 25.5. The van der Waals surface area contributed by atoms with E-state index in [0.717, 1.165) is 44.9 Å². The van der Waals surface area contributed by atoms with Gasteiger partial charge in [-0.15, -0.1) is 0 Å². The van der Waals surface area contributed by atoms with Crippen LogP contribution in [0.25, 0.3) is 0 Å². The maximum Gasteiger partial charge on any atom is 0.508 e. The first kappa shape index (κ1) is 27.3. The third-order valence-electron chi connectivity index (χ3n) is 9.93. The van der Waals surface area contributed by atoms with Crippen LogP contribution in [0.15, 0.2) is 18.2 Å². The summed E-state index contributed by atoms with van der Waals surface area (Å²) in [6, 6.07) is 5.98. The molecule has 2 saturated carbocycles. The number of fused-ring (bicyclic) bond motifs is 5. The average Bonchev–Trinajstić information content (AvgIpc) is 3.18. The number of aromatic hydroxyl groups is 1. The molecule has 0 spiro atoms. The normalized spacial score (nSPS) is 30.8. The van der Waals surface area contributed by atoms with Crippen LogP contribution in [0.1, 0.15) is 128 Å². The molecule has 3 unspecified atom stereocenters.